The van der Waals surface area contributed by atoms with Crippen LogP contribution in [0.1, 0.15) is 27.2 Å². The number of hydrogen-bond acceptors (Lipinski definition) is 2. The van der Waals surface area contributed by atoms with Crippen LogP contribution in [0.4, 0.5) is 4.39 Å². The summed E-state index contributed by atoms with van der Waals surface area (Å²) in [5, 5.41) is 0.430. The number of aromatic nitrogens is 1. The highest BCUT2D eigenvalue weighted by atomic mass is 35.5. The van der Waals surface area contributed by atoms with Gasteiger partial charge in [0.05, 0.1) is 15.6 Å². The maximum atomic E-state index is 13.9. The number of halogens is 3. The molecule has 2 rings (SSSR count). The topological polar surface area (TPSA) is 30.0 Å². The number of rotatable bonds is 2. The lowest BCUT2D eigenvalue weighted by Gasteiger charge is -2.08. The second-order valence-electron chi connectivity index (χ2n) is 4.25. The standard InChI is InChI=1S/C14H10Cl2FNO/c1-7-3-8(2)12(11(17)4-7)14(19)13-10(16)5-9(15)6-18-13/h3-6H,1-2H3. The molecule has 0 spiro atoms. The van der Waals surface area contributed by atoms with Gasteiger partial charge in [-0.15, -0.1) is 0 Å². The Kier molecular flexibility index (Phi) is 3.88. The molecule has 0 saturated carbocycles. The molecule has 0 fully saturated rings. The summed E-state index contributed by atoms with van der Waals surface area (Å²) in [6, 6.07) is 4.45. The number of carbonyl (C=O) groups excluding carboxylic acids is 1. The van der Waals surface area contributed by atoms with Crippen molar-refractivity contribution in [2.24, 2.45) is 0 Å². The molecule has 2 aromatic rings. The van der Waals surface area contributed by atoms with E-state index in [0.717, 1.165) is 5.56 Å². The number of carbonyl (C=O) groups is 1. The number of hydrogen-bond donors (Lipinski definition) is 0. The molecule has 0 bridgehead atoms. The quantitative estimate of drug-likeness (QED) is 0.770. The van der Waals surface area contributed by atoms with Gasteiger partial charge in [-0.2, -0.15) is 0 Å². The predicted octanol–water partition coefficient (Wildman–Crippen LogP) is 4.38. The van der Waals surface area contributed by atoms with Crippen LogP contribution in [0, 0.1) is 19.7 Å². The Hall–Kier alpha value is -1.45. The summed E-state index contributed by atoms with van der Waals surface area (Å²) < 4.78 is 13.9. The first-order valence-corrected chi connectivity index (χ1v) is 6.28. The van der Waals surface area contributed by atoms with Crippen LogP contribution in [0.3, 0.4) is 0 Å². The van der Waals surface area contributed by atoms with E-state index in [9.17, 15) is 9.18 Å². The second-order valence-corrected chi connectivity index (χ2v) is 5.10. The van der Waals surface area contributed by atoms with Crippen molar-refractivity contribution < 1.29 is 9.18 Å². The van der Waals surface area contributed by atoms with Crippen LogP contribution in [0.15, 0.2) is 24.4 Å². The van der Waals surface area contributed by atoms with Gasteiger partial charge in [-0.1, -0.05) is 29.3 Å². The molecule has 1 aromatic carbocycles. The highest BCUT2D eigenvalue weighted by molar-refractivity contribution is 6.37. The molecule has 0 unspecified atom stereocenters. The van der Waals surface area contributed by atoms with Crippen LogP contribution < -0.4 is 0 Å². The Morgan fingerprint density at radius 2 is 1.89 bits per heavy atom. The van der Waals surface area contributed by atoms with Crippen LogP contribution in [0.2, 0.25) is 10.0 Å². The Bertz CT molecular complexity index is 647. The van der Waals surface area contributed by atoms with E-state index in [2.05, 4.69) is 4.98 Å². The molecular weight excluding hydrogens is 288 g/mol. The summed E-state index contributed by atoms with van der Waals surface area (Å²) >= 11 is 11.6. The molecule has 5 heteroatoms. The van der Waals surface area contributed by atoms with E-state index in [1.54, 1.807) is 19.9 Å². The molecule has 0 aliphatic carbocycles. The summed E-state index contributed by atoms with van der Waals surface area (Å²) in [4.78, 5) is 16.2. The van der Waals surface area contributed by atoms with Gasteiger partial charge in [0.2, 0.25) is 5.78 Å². The van der Waals surface area contributed by atoms with E-state index in [1.165, 1.54) is 18.3 Å². The lowest BCUT2D eigenvalue weighted by Crippen LogP contribution is -2.10. The molecule has 0 atom stereocenters. The monoisotopic (exact) mass is 297 g/mol. The van der Waals surface area contributed by atoms with Crippen molar-refractivity contribution in [3.05, 3.63) is 62.6 Å². The van der Waals surface area contributed by atoms with E-state index in [4.69, 9.17) is 23.2 Å². The third-order valence-electron chi connectivity index (χ3n) is 2.68. The van der Waals surface area contributed by atoms with Gasteiger partial charge < -0.3 is 0 Å². The van der Waals surface area contributed by atoms with Crippen molar-refractivity contribution >= 4 is 29.0 Å². The summed E-state index contributed by atoms with van der Waals surface area (Å²) in [6.45, 7) is 3.44. The van der Waals surface area contributed by atoms with Gasteiger partial charge in [0.1, 0.15) is 11.5 Å². The first-order valence-electron chi connectivity index (χ1n) is 5.52. The summed E-state index contributed by atoms with van der Waals surface area (Å²) in [5.74, 6) is -1.12. The SMILES string of the molecule is Cc1cc(C)c(C(=O)c2ncc(Cl)cc2Cl)c(F)c1. The van der Waals surface area contributed by atoms with E-state index >= 15 is 0 Å². The molecule has 0 N–H and O–H groups in total. The van der Waals surface area contributed by atoms with Crippen molar-refractivity contribution in [3.63, 3.8) is 0 Å². The number of nitrogens with zero attached hydrogens (tertiary/aromatic N) is 1. The molecule has 1 heterocycles. The van der Waals surface area contributed by atoms with Crippen molar-refractivity contribution in [1.82, 2.24) is 4.98 Å². The zero-order valence-electron chi connectivity index (χ0n) is 10.3. The van der Waals surface area contributed by atoms with Crippen LogP contribution in [-0.2, 0) is 0 Å². The Morgan fingerprint density at radius 3 is 2.47 bits per heavy atom. The van der Waals surface area contributed by atoms with E-state index in [1.807, 2.05) is 0 Å². The van der Waals surface area contributed by atoms with Crippen molar-refractivity contribution in [2.75, 3.05) is 0 Å². The molecule has 0 radical (unpaired) electrons. The molecule has 98 valence electrons. The zero-order chi connectivity index (χ0) is 14.2. The Balaban J connectivity index is 2.56. The number of pyridine rings is 1. The Labute approximate surface area is 120 Å². The fourth-order valence-electron chi connectivity index (χ4n) is 1.90. The van der Waals surface area contributed by atoms with Crippen LogP contribution in [0.5, 0.6) is 0 Å². The first kappa shape index (κ1) is 14.0. The van der Waals surface area contributed by atoms with Crippen LogP contribution in [-0.4, -0.2) is 10.8 Å². The van der Waals surface area contributed by atoms with Gasteiger partial charge in [-0.25, -0.2) is 9.37 Å². The van der Waals surface area contributed by atoms with Gasteiger partial charge in [0.25, 0.3) is 0 Å². The molecule has 2 nitrogen and oxygen atoms in total. The fraction of sp³-hybridized carbons (Fsp3) is 0.143. The Morgan fingerprint density at radius 1 is 1.21 bits per heavy atom. The van der Waals surface area contributed by atoms with Crippen molar-refractivity contribution in [1.29, 1.82) is 0 Å². The average molecular weight is 298 g/mol. The molecule has 0 aliphatic heterocycles. The number of benzene rings is 1. The van der Waals surface area contributed by atoms with Gasteiger partial charge in [-0.3, -0.25) is 4.79 Å². The summed E-state index contributed by atoms with van der Waals surface area (Å²) in [6.07, 6.45) is 1.31. The highest BCUT2D eigenvalue weighted by Crippen LogP contribution is 2.24. The number of aryl methyl sites for hydroxylation is 2. The first-order chi connectivity index (χ1) is 8.90. The van der Waals surface area contributed by atoms with Gasteiger partial charge in [0, 0.05) is 6.20 Å². The average Bonchev–Trinajstić information content (AvgIpc) is 2.26. The third kappa shape index (κ3) is 2.77. The molecule has 19 heavy (non-hydrogen) atoms. The van der Waals surface area contributed by atoms with Gasteiger partial charge in [-0.05, 0) is 37.1 Å². The van der Waals surface area contributed by atoms with Crippen LogP contribution >= 0.6 is 23.2 Å². The van der Waals surface area contributed by atoms with Gasteiger partial charge >= 0.3 is 0 Å². The minimum absolute atomic E-state index is 0.00285. The fourth-order valence-corrected chi connectivity index (χ4v) is 2.37. The van der Waals surface area contributed by atoms with Gasteiger partial charge in [0.15, 0.2) is 0 Å². The number of ketones is 1. The zero-order valence-corrected chi connectivity index (χ0v) is 11.8. The minimum Gasteiger partial charge on any atom is -0.287 e. The molecule has 0 amide bonds. The predicted molar refractivity (Wildman–Crippen MR) is 73.6 cm³/mol. The van der Waals surface area contributed by atoms with Crippen LogP contribution in [0.25, 0.3) is 0 Å². The summed E-state index contributed by atoms with van der Waals surface area (Å²) in [7, 11) is 0. The maximum Gasteiger partial charge on any atom is 0.216 e. The second kappa shape index (κ2) is 5.27. The lowest BCUT2D eigenvalue weighted by molar-refractivity contribution is 0.103. The largest absolute Gasteiger partial charge is 0.287 e. The maximum absolute atomic E-state index is 13.9. The molecule has 0 aliphatic rings. The smallest absolute Gasteiger partial charge is 0.216 e. The minimum atomic E-state index is -0.574. The normalized spacial score (nSPS) is 10.6. The van der Waals surface area contributed by atoms with Crippen molar-refractivity contribution in [2.45, 2.75) is 13.8 Å². The molecule has 1 aromatic heterocycles. The van der Waals surface area contributed by atoms with Crippen molar-refractivity contribution in [3.8, 4) is 0 Å². The molecular formula is C14H10Cl2FNO. The lowest BCUT2D eigenvalue weighted by atomic mass is 9.99. The third-order valence-corrected chi connectivity index (χ3v) is 3.18. The molecule has 0 saturated heterocycles. The summed E-state index contributed by atoms with van der Waals surface area (Å²) in [5.41, 5.74) is 1.29. The van der Waals surface area contributed by atoms with E-state index < -0.39 is 11.6 Å². The van der Waals surface area contributed by atoms with E-state index in [-0.39, 0.29) is 16.3 Å². The highest BCUT2D eigenvalue weighted by Gasteiger charge is 2.21. The van der Waals surface area contributed by atoms with E-state index in [0.29, 0.717) is 10.6 Å².